The van der Waals surface area contributed by atoms with Gasteiger partial charge in [0, 0.05) is 10.6 Å². The average Bonchev–Trinajstić information content (AvgIpc) is 2.57. The molecular formula is C19H18Cl2O4. The van der Waals surface area contributed by atoms with Crippen LogP contribution in [-0.2, 0) is 9.53 Å². The molecule has 0 unspecified atom stereocenters. The predicted molar refractivity (Wildman–Crippen MR) is 97.6 cm³/mol. The van der Waals surface area contributed by atoms with Gasteiger partial charge in [0.1, 0.15) is 5.75 Å². The van der Waals surface area contributed by atoms with Gasteiger partial charge < -0.3 is 9.47 Å². The van der Waals surface area contributed by atoms with Crippen LogP contribution in [0.2, 0.25) is 10.0 Å². The molecule has 0 spiro atoms. The molecule has 0 heterocycles. The molecule has 2 atom stereocenters. The summed E-state index contributed by atoms with van der Waals surface area (Å²) in [5, 5.41) is 0.751. The molecule has 2 rings (SSSR count). The highest BCUT2D eigenvalue weighted by molar-refractivity contribution is 6.35. The van der Waals surface area contributed by atoms with Crippen molar-refractivity contribution in [2.45, 2.75) is 33.0 Å². The zero-order chi connectivity index (χ0) is 18.6. The van der Waals surface area contributed by atoms with Crippen molar-refractivity contribution < 1.29 is 19.1 Å². The lowest BCUT2D eigenvalue weighted by Gasteiger charge is -2.18. The molecule has 0 bridgehead atoms. The maximum absolute atomic E-state index is 12.3. The van der Waals surface area contributed by atoms with Crippen LogP contribution in [-0.4, -0.2) is 24.0 Å². The molecule has 2 aromatic rings. The molecule has 0 aliphatic rings. The van der Waals surface area contributed by atoms with E-state index in [2.05, 4.69) is 0 Å². The summed E-state index contributed by atoms with van der Waals surface area (Å²) < 4.78 is 10.7. The molecular weight excluding hydrogens is 363 g/mol. The predicted octanol–water partition coefficient (Wildman–Crippen LogP) is 4.88. The molecule has 25 heavy (non-hydrogen) atoms. The molecule has 0 fully saturated rings. The highest BCUT2D eigenvalue weighted by Gasteiger charge is 2.24. The van der Waals surface area contributed by atoms with Gasteiger partial charge in [-0.3, -0.25) is 4.79 Å². The minimum atomic E-state index is -0.924. The van der Waals surface area contributed by atoms with Gasteiger partial charge in [-0.05, 0) is 39.0 Å². The van der Waals surface area contributed by atoms with Gasteiger partial charge in [-0.25, -0.2) is 4.79 Å². The first-order valence-electron chi connectivity index (χ1n) is 7.71. The Morgan fingerprint density at radius 2 is 1.60 bits per heavy atom. The van der Waals surface area contributed by atoms with Crippen molar-refractivity contribution in [2.24, 2.45) is 0 Å². The van der Waals surface area contributed by atoms with Gasteiger partial charge in [0.05, 0.1) is 5.02 Å². The van der Waals surface area contributed by atoms with Crippen molar-refractivity contribution >= 4 is 35.0 Å². The molecule has 2 aromatic carbocycles. The maximum atomic E-state index is 12.3. The quantitative estimate of drug-likeness (QED) is 0.529. The number of benzene rings is 2. The van der Waals surface area contributed by atoms with E-state index >= 15 is 0 Å². The number of rotatable bonds is 6. The fourth-order valence-electron chi connectivity index (χ4n) is 2.09. The number of esters is 1. The third-order valence-electron chi connectivity index (χ3n) is 3.53. The summed E-state index contributed by atoms with van der Waals surface area (Å²) in [5.41, 5.74) is 1.53. The summed E-state index contributed by atoms with van der Waals surface area (Å²) in [7, 11) is 0. The van der Waals surface area contributed by atoms with E-state index in [9.17, 15) is 9.59 Å². The van der Waals surface area contributed by atoms with Crippen molar-refractivity contribution in [2.75, 3.05) is 0 Å². The van der Waals surface area contributed by atoms with Gasteiger partial charge in [-0.1, -0.05) is 53.0 Å². The number of halogens is 2. The summed E-state index contributed by atoms with van der Waals surface area (Å²) >= 11 is 11.8. The number of hydrogen-bond donors (Lipinski definition) is 0. The van der Waals surface area contributed by atoms with Crippen LogP contribution >= 0.6 is 23.2 Å². The lowest BCUT2D eigenvalue weighted by Crippen LogP contribution is -2.32. The zero-order valence-corrected chi connectivity index (χ0v) is 15.6. The summed E-state index contributed by atoms with van der Waals surface area (Å²) in [6.07, 6.45) is -1.84. The number of hydrogen-bond acceptors (Lipinski definition) is 4. The number of ketones is 1. The van der Waals surface area contributed by atoms with Crippen LogP contribution < -0.4 is 4.74 Å². The lowest BCUT2D eigenvalue weighted by molar-refractivity contribution is -0.153. The molecule has 0 aliphatic carbocycles. The van der Waals surface area contributed by atoms with Crippen LogP contribution in [0.15, 0.2) is 42.5 Å². The molecule has 4 nitrogen and oxygen atoms in total. The van der Waals surface area contributed by atoms with Crippen LogP contribution in [0.1, 0.15) is 29.8 Å². The number of ether oxygens (including phenoxy) is 2. The Morgan fingerprint density at radius 1 is 0.960 bits per heavy atom. The smallest absolute Gasteiger partial charge is 0.347 e. The average molecular weight is 381 g/mol. The molecule has 0 amide bonds. The van der Waals surface area contributed by atoms with E-state index in [4.69, 9.17) is 32.7 Å². The normalized spacial score (nSPS) is 13.0. The van der Waals surface area contributed by atoms with Crippen LogP contribution in [0, 0.1) is 6.92 Å². The van der Waals surface area contributed by atoms with E-state index in [1.54, 1.807) is 24.3 Å². The van der Waals surface area contributed by atoms with E-state index in [-0.39, 0.29) is 10.8 Å². The summed E-state index contributed by atoms with van der Waals surface area (Å²) in [5.74, 6) is -0.614. The van der Waals surface area contributed by atoms with E-state index in [1.165, 1.54) is 19.9 Å². The largest absolute Gasteiger partial charge is 0.477 e. The van der Waals surface area contributed by atoms with Crippen molar-refractivity contribution in [3.63, 3.8) is 0 Å². The lowest BCUT2D eigenvalue weighted by atomic mass is 10.1. The second-order valence-corrected chi connectivity index (χ2v) is 6.49. The molecule has 6 heteroatoms. The molecule has 0 radical (unpaired) electrons. The minimum absolute atomic E-state index is 0.273. The van der Waals surface area contributed by atoms with Crippen LogP contribution in [0.3, 0.4) is 0 Å². The summed E-state index contributed by atoms with van der Waals surface area (Å²) in [6, 6.07) is 11.7. The number of carbonyl (C=O) groups is 2. The third-order valence-corrected chi connectivity index (χ3v) is 4.06. The van der Waals surface area contributed by atoms with E-state index in [1.807, 2.05) is 19.1 Å². The Bertz CT molecular complexity index is 771. The molecule has 0 saturated carbocycles. The summed E-state index contributed by atoms with van der Waals surface area (Å²) in [4.78, 5) is 24.5. The number of carbonyl (C=O) groups excluding carboxylic acids is 2. The molecule has 0 aliphatic heterocycles. The van der Waals surface area contributed by atoms with Crippen molar-refractivity contribution in [3.8, 4) is 5.75 Å². The monoisotopic (exact) mass is 380 g/mol. The molecule has 132 valence electrons. The topological polar surface area (TPSA) is 52.6 Å². The van der Waals surface area contributed by atoms with Gasteiger partial charge in [-0.15, -0.1) is 0 Å². The van der Waals surface area contributed by atoms with Gasteiger partial charge in [-0.2, -0.15) is 0 Å². The van der Waals surface area contributed by atoms with Crippen molar-refractivity contribution in [3.05, 3.63) is 63.6 Å². The van der Waals surface area contributed by atoms with Gasteiger partial charge in [0.2, 0.25) is 5.78 Å². The number of aryl methyl sites for hydroxylation is 1. The number of Topliss-reactive ketones (excluding diaryl/α,β-unsaturated/α-hetero) is 1. The first-order valence-corrected chi connectivity index (χ1v) is 8.46. The first kappa shape index (κ1) is 19.3. The van der Waals surface area contributed by atoms with Crippen LogP contribution in [0.25, 0.3) is 0 Å². The molecule has 0 saturated heterocycles. The Hall–Kier alpha value is -2.04. The fraction of sp³-hybridized carbons (Fsp3) is 0.263. The van der Waals surface area contributed by atoms with Gasteiger partial charge >= 0.3 is 5.97 Å². The Labute approximate surface area is 156 Å². The Kier molecular flexibility index (Phi) is 6.45. The maximum Gasteiger partial charge on any atom is 0.347 e. The standard InChI is InChI=1S/C19H18Cl2O4/c1-11-4-6-14(7-5-11)18(22)12(2)25-19(23)13(3)24-17-9-8-15(20)10-16(17)21/h4-10,12-13H,1-3H3/t12-,13-/m1/s1. The Balaban J connectivity index is 1.97. The SMILES string of the molecule is Cc1ccc(C(=O)[C@@H](C)OC(=O)[C@@H](C)Oc2ccc(Cl)cc2Cl)cc1. The second-order valence-electron chi connectivity index (χ2n) is 5.64. The summed E-state index contributed by atoms with van der Waals surface area (Å²) in [6.45, 7) is 4.98. The first-order chi connectivity index (χ1) is 11.8. The van der Waals surface area contributed by atoms with Crippen LogP contribution in [0.4, 0.5) is 0 Å². The third kappa shape index (κ3) is 5.21. The molecule has 0 aromatic heterocycles. The van der Waals surface area contributed by atoms with E-state index < -0.39 is 18.2 Å². The minimum Gasteiger partial charge on any atom is -0.477 e. The zero-order valence-electron chi connectivity index (χ0n) is 14.1. The fourth-order valence-corrected chi connectivity index (χ4v) is 2.54. The van der Waals surface area contributed by atoms with Crippen molar-refractivity contribution in [1.29, 1.82) is 0 Å². The highest BCUT2D eigenvalue weighted by atomic mass is 35.5. The van der Waals surface area contributed by atoms with Crippen molar-refractivity contribution in [1.82, 2.24) is 0 Å². The van der Waals surface area contributed by atoms with Crippen LogP contribution in [0.5, 0.6) is 5.75 Å². The van der Waals surface area contributed by atoms with E-state index in [0.717, 1.165) is 5.56 Å². The highest BCUT2D eigenvalue weighted by Crippen LogP contribution is 2.28. The van der Waals surface area contributed by atoms with Gasteiger partial charge in [0.15, 0.2) is 12.2 Å². The van der Waals surface area contributed by atoms with E-state index in [0.29, 0.717) is 16.3 Å². The van der Waals surface area contributed by atoms with Gasteiger partial charge in [0.25, 0.3) is 0 Å². The Morgan fingerprint density at radius 3 is 2.20 bits per heavy atom. The molecule has 0 N–H and O–H groups in total. The second kappa shape index (κ2) is 8.37.